The van der Waals surface area contributed by atoms with Gasteiger partial charge in [-0.15, -0.1) is 0 Å². The average molecular weight is 271 g/mol. The minimum Gasteiger partial charge on any atom is -0.479 e. The molecule has 2 N–H and O–H groups in total. The van der Waals surface area contributed by atoms with Gasteiger partial charge in [0.15, 0.2) is 6.10 Å². The summed E-state index contributed by atoms with van der Waals surface area (Å²) in [5, 5.41) is 0.492. The number of ether oxygens (including phenoxy) is 1. The standard InChI is InChI=1S/C13H19ClN2O2/c1-9(8-15)16(3)13(17)10(2)18-12-7-5-4-6-11(12)14/h4-7,9-10H,8,15H2,1-3H3. The highest BCUT2D eigenvalue weighted by atomic mass is 35.5. The van der Waals surface area contributed by atoms with Crippen LogP contribution < -0.4 is 10.5 Å². The second kappa shape index (κ2) is 6.61. The fourth-order valence-electron chi connectivity index (χ4n) is 1.44. The minimum absolute atomic E-state index is 0.0187. The van der Waals surface area contributed by atoms with E-state index in [1.54, 1.807) is 31.0 Å². The van der Waals surface area contributed by atoms with E-state index in [1.807, 2.05) is 19.1 Å². The van der Waals surface area contributed by atoms with E-state index in [1.165, 1.54) is 0 Å². The summed E-state index contributed by atoms with van der Waals surface area (Å²) in [6.45, 7) is 4.01. The molecule has 0 aromatic heterocycles. The summed E-state index contributed by atoms with van der Waals surface area (Å²) in [6, 6.07) is 7.06. The summed E-state index contributed by atoms with van der Waals surface area (Å²) < 4.78 is 5.56. The molecule has 0 spiro atoms. The molecule has 5 heteroatoms. The van der Waals surface area contributed by atoms with Crippen molar-refractivity contribution in [3.05, 3.63) is 29.3 Å². The Kier molecular flexibility index (Phi) is 5.44. The van der Waals surface area contributed by atoms with E-state index in [0.717, 1.165) is 0 Å². The van der Waals surface area contributed by atoms with Crippen molar-refractivity contribution in [3.8, 4) is 5.75 Å². The highest BCUT2D eigenvalue weighted by Crippen LogP contribution is 2.24. The Labute approximate surface area is 113 Å². The Morgan fingerprint density at radius 1 is 1.44 bits per heavy atom. The van der Waals surface area contributed by atoms with Crippen molar-refractivity contribution in [1.29, 1.82) is 0 Å². The van der Waals surface area contributed by atoms with Gasteiger partial charge in [0.05, 0.1) is 5.02 Å². The fraction of sp³-hybridized carbons (Fsp3) is 0.462. The lowest BCUT2D eigenvalue weighted by Gasteiger charge is -2.27. The third-order valence-electron chi connectivity index (χ3n) is 2.84. The van der Waals surface area contributed by atoms with Crippen LogP contribution in [0.25, 0.3) is 0 Å². The Balaban J connectivity index is 2.68. The molecule has 100 valence electrons. The highest BCUT2D eigenvalue weighted by Gasteiger charge is 2.22. The first-order valence-corrected chi connectivity index (χ1v) is 6.23. The SMILES string of the molecule is CC(Oc1ccccc1Cl)C(=O)N(C)C(C)CN. The molecule has 2 atom stereocenters. The number of rotatable bonds is 5. The van der Waals surface area contributed by atoms with Crippen LogP contribution in [-0.4, -0.2) is 36.5 Å². The smallest absolute Gasteiger partial charge is 0.263 e. The van der Waals surface area contributed by atoms with Crippen LogP contribution in [0.2, 0.25) is 5.02 Å². The van der Waals surface area contributed by atoms with Gasteiger partial charge in [0.25, 0.3) is 5.91 Å². The number of para-hydroxylation sites is 1. The first kappa shape index (κ1) is 14.8. The summed E-state index contributed by atoms with van der Waals surface area (Å²) in [7, 11) is 1.71. The first-order valence-electron chi connectivity index (χ1n) is 5.85. The monoisotopic (exact) mass is 270 g/mol. The molecule has 1 amide bonds. The minimum atomic E-state index is -0.594. The van der Waals surface area contributed by atoms with Gasteiger partial charge in [0, 0.05) is 19.6 Å². The number of carbonyl (C=O) groups excluding carboxylic acids is 1. The number of hydrogen-bond donors (Lipinski definition) is 1. The highest BCUT2D eigenvalue weighted by molar-refractivity contribution is 6.32. The van der Waals surface area contributed by atoms with Crippen LogP contribution in [0.5, 0.6) is 5.75 Å². The molecule has 2 unspecified atom stereocenters. The molecule has 0 radical (unpaired) electrons. The van der Waals surface area contributed by atoms with E-state index in [4.69, 9.17) is 22.1 Å². The van der Waals surface area contributed by atoms with Gasteiger partial charge in [0.2, 0.25) is 0 Å². The molecule has 0 aliphatic heterocycles. The van der Waals surface area contributed by atoms with E-state index < -0.39 is 6.10 Å². The molecule has 0 saturated carbocycles. The second-order valence-corrected chi connectivity index (χ2v) is 4.63. The Morgan fingerprint density at radius 2 is 2.06 bits per heavy atom. The Bertz CT molecular complexity index is 412. The fourth-order valence-corrected chi connectivity index (χ4v) is 1.62. The molecule has 0 aliphatic carbocycles. The third-order valence-corrected chi connectivity index (χ3v) is 3.15. The predicted octanol–water partition coefficient (Wildman–Crippen LogP) is 1.91. The van der Waals surface area contributed by atoms with Crippen molar-refractivity contribution in [2.24, 2.45) is 5.73 Å². The molecule has 1 aromatic carbocycles. The van der Waals surface area contributed by atoms with Crippen molar-refractivity contribution < 1.29 is 9.53 Å². The maximum atomic E-state index is 12.1. The van der Waals surface area contributed by atoms with Crippen LogP contribution in [0, 0.1) is 0 Å². The summed E-state index contributed by atoms with van der Waals surface area (Å²) in [5.74, 6) is 0.390. The summed E-state index contributed by atoms with van der Waals surface area (Å²) >= 11 is 5.97. The zero-order valence-corrected chi connectivity index (χ0v) is 11.6. The first-order chi connectivity index (χ1) is 8.47. The maximum Gasteiger partial charge on any atom is 0.263 e. The molecule has 4 nitrogen and oxygen atoms in total. The van der Waals surface area contributed by atoms with Crippen LogP contribution in [-0.2, 0) is 4.79 Å². The molecule has 1 rings (SSSR count). The summed E-state index contributed by atoms with van der Waals surface area (Å²) in [5.41, 5.74) is 5.53. The number of nitrogens with zero attached hydrogens (tertiary/aromatic N) is 1. The Morgan fingerprint density at radius 3 is 2.61 bits per heavy atom. The number of likely N-dealkylation sites (N-methyl/N-ethyl adjacent to an activating group) is 1. The van der Waals surface area contributed by atoms with E-state index >= 15 is 0 Å². The molecule has 0 heterocycles. The van der Waals surface area contributed by atoms with Crippen LogP contribution in [0.3, 0.4) is 0 Å². The van der Waals surface area contributed by atoms with Gasteiger partial charge in [0.1, 0.15) is 5.75 Å². The molecular weight excluding hydrogens is 252 g/mol. The van der Waals surface area contributed by atoms with Gasteiger partial charge < -0.3 is 15.4 Å². The van der Waals surface area contributed by atoms with Gasteiger partial charge in [-0.3, -0.25) is 4.79 Å². The van der Waals surface area contributed by atoms with Gasteiger partial charge in [-0.05, 0) is 26.0 Å². The van der Waals surface area contributed by atoms with Gasteiger partial charge in [-0.25, -0.2) is 0 Å². The van der Waals surface area contributed by atoms with Crippen molar-refractivity contribution in [3.63, 3.8) is 0 Å². The number of halogens is 1. The average Bonchev–Trinajstić information content (AvgIpc) is 2.38. The van der Waals surface area contributed by atoms with Crippen molar-refractivity contribution >= 4 is 17.5 Å². The lowest BCUT2D eigenvalue weighted by Crippen LogP contribution is -2.45. The van der Waals surface area contributed by atoms with Gasteiger partial charge in [-0.1, -0.05) is 23.7 Å². The largest absolute Gasteiger partial charge is 0.479 e. The quantitative estimate of drug-likeness (QED) is 0.889. The molecule has 0 fully saturated rings. The van der Waals surface area contributed by atoms with Gasteiger partial charge in [-0.2, -0.15) is 0 Å². The second-order valence-electron chi connectivity index (χ2n) is 4.22. The summed E-state index contributed by atoms with van der Waals surface area (Å²) in [4.78, 5) is 13.6. The number of amides is 1. The van der Waals surface area contributed by atoms with E-state index in [9.17, 15) is 4.79 Å². The van der Waals surface area contributed by atoms with E-state index in [2.05, 4.69) is 0 Å². The topological polar surface area (TPSA) is 55.6 Å². The van der Waals surface area contributed by atoms with Crippen LogP contribution in [0.15, 0.2) is 24.3 Å². The van der Waals surface area contributed by atoms with Crippen molar-refractivity contribution in [2.75, 3.05) is 13.6 Å². The Hall–Kier alpha value is -1.26. The normalized spacial score (nSPS) is 13.8. The number of benzene rings is 1. The molecule has 0 saturated heterocycles. The number of nitrogens with two attached hydrogens (primary N) is 1. The van der Waals surface area contributed by atoms with Crippen LogP contribution in [0.4, 0.5) is 0 Å². The lowest BCUT2D eigenvalue weighted by atomic mass is 10.2. The van der Waals surface area contributed by atoms with Crippen LogP contribution >= 0.6 is 11.6 Å². The van der Waals surface area contributed by atoms with Crippen molar-refractivity contribution in [1.82, 2.24) is 4.90 Å². The molecular formula is C13H19ClN2O2. The lowest BCUT2D eigenvalue weighted by molar-refractivity contribution is -0.138. The third kappa shape index (κ3) is 3.62. The number of hydrogen-bond acceptors (Lipinski definition) is 3. The van der Waals surface area contributed by atoms with Gasteiger partial charge >= 0.3 is 0 Å². The van der Waals surface area contributed by atoms with E-state index in [-0.39, 0.29) is 11.9 Å². The molecule has 1 aromatic rings. The zero-order chi connectivity index (χ0) is 13.7. The summed E-state index contributed by atoms with van der Waals surface area (Å²) in [6.07, 6.45) is -0.594. The van der Waals surface area contributed by atoms with E-state index in [0.29, 0.717) is 17.3 Å². The maximum absolute atomic E-state index is 12.1. The molecule has 18 heavy (non-hydrogen) atoms. The zero-order valence-electron chi connectivity index (χ0n) is 10.9. The van der Waals surface area contributed by atoms with Crippen LogP contribution in [0.1, 0.15) is 13.8 Å². The molecule has 0 bridgehead atoms. The number of carbonyl (C=O) groups is 1. The molecule has 0 aliphatic rings. The van der Waals surface area contributed by atoms with Crippen molar-refractivity contribution in [2.45, 2.75) is 26.0 Å². The predicted molar refractivity (Wildman–Crippen MR) is 72.8 cm³/mol.